The molecule has 0 aromatic rings. The predicted molar refractivity (Wildman–Crippen MR) is 52.3 cm³/mol. The first-order chi connectivity index (χ1) is 6.57. The molecular formula is C11H15NO2. The number of nitriles is 1. The van der Waals surface area contributed by atoms with Crippen LogP contribution in [0.4, 0.5) is 0 Å². The standard InChI is InChI=1S/C11H15NO2/c1-9(8-12)10(13)14-11(2)6-4-3-5-7-11/h1,3-7H2,2H3. The molecule has 0 aromatic carbocycles. The summed E-state index contributed by atoms with van der Waals surface area (Å²) in [5.41, 5.74) is -0.494. The molecule has 0 N–H and O–H groups in total. The third-order valence-electron chi connectivity index (χ3n) is 2.63. The molecule has 3 nitrogen and oxygen atoms in total. The molecule has 3 heteroatoms. The first-order valence-electron chi connectivity index (χ1n) is 4.90. The summed E-state index contributed by atoms with van der Waals surface area (Å²) in [5, 5.41) is 8.47. The second-order valence-electron chi connectivity index (χ2n) is 3.99. The van der Waals surface area contributed by atoms with Crippen LogP contribution in [-0.2, 0) is 9.53 Å². The molecule has 1 aliphatic carbocycles. The molecule has 0 heterocycles. The molecule has 76 valence electrons. The van der Waals surface area contributed by atoms with Gasteiger partial charge in [-0.3, -0.25) is 0 Å². The van der Waals surface area contributed by atoms with Crippen molar-refractivity contribution in [2.24, 2.45) is 0 Å². The summed E-state index contributed by atoms with van der Waals surface area (Å²) < 4.78 is 5.27. The van der Waals surface area contributed by atoms with E-state index in [-0.39, 0.29) is 11.2 Å². The smallest absolute Gasteiger partial charge is 0.348 e. The summed E-state index contributed by atoms with van der Waals surface area (Å²) in [4.78, 5) is 11.3. The van der Waals surface area contributed by atoms with E-state index >= 15 is 0 Å². The van der Waals surface area contributed by atoms with Gasteiger partial charge < -0.3 is 4.74 Å². The Balaban J connectivity index is 2.54. The van der Waals surface area contributed by atoms with Crippen LogP contribution in [0.5, 0.6) is 0 Å². The van der Waals surface area contributed by atoms with Gasteiger partial charge in [0, 0.05) is 0 Å². The highest BCUT2D eigenvalue weighted by Crippen LogP contribution is 2.31. The van der Waals surface area contributed by atoms with Crippen LogP contribution in [0.3, 0.4) is 0 Å². The van der Waals surface area contributed by atoms with Gasteiger partial charge in [0.1, 0.15) is 17.2 Å². The Hall–Kier alpha value is -1.30. The predicted octanol–water partition coefficient (Wildman–Crippen LogP) is 2.33. The molecule has 0 atom stereocenters. The molecule has 0 bridgehead atoms. The summed E-state index contributed by atoms with van der Waals surface area (Å²) in [5.74, 6) is -0.572. The lowest BCUT2D eigenvalue weighted by molar-refractivity contribution is -0.155. The van der Waals surface area contributed by atoms with Crippen molar-refractivity contribution in [2.75, 3.05) is 0 Å². The van der Waals surface area contributed by atoms with E-state index < -0.39 is 5.97 Å². The quantitative estimate of drug-likeness (QED) is 0.384. The van der Waals surface area contributed by atoms with Gasteiger partial charge in [-0.1, -0.05) is 13.0 Å². The third kappa shape index (κ3) is 2.59. The van der Waals surface area contributed by atoms with Gasteiger partial charge in [-0.15, -0.1) is 0 Å². The lowest BCUT2D eigenvalue weighted by atomic mass is 9.86. The topological polar surface area (TPSA) is 50.1 Å². The lowest BCUT2D eigenvalue weighted by Crippen LogP contribution is -2.34. The normalized spacial score (nSPS) is 19.4. The summed E-state index contributed by atoms with van der Waals surface area (Å²) in [6.45, 7) is 5.26. The molecule has 0 aromatic heterocycles. The van der Waals surface area contributed by atoms with Gasteiger partial charge in [0.25, 0.3) is 0 Å². The van der Waals surface area contributed by atoms with Gasteiger partial charge in [0.15, 0.2) is 0 Å². The number of ether oxygens (including phenoxy) is 1. The first kappa shape index (κ1) is 10.8. The summed E-state index contributed by atoms with van der Waals surface area (Å²) >= 11 is 0. The van der Waals surface area contributed by atoms with Crippen molar-refractivity contribution in [3.8, 4) is 6.07 Å². The Bertz CT molecular complexity index is 282. The van der Waals surface area contributed by atoms with E-state index in [1.54, 1.807) is 6.07 Å². The van der Waals surface area contributed by atoms with Gasteiger partial charge in [0.2, 0.25) is 0 Å². The van der Waals surface area contributed by atoms with E-state index in [9.17, 15) is 4.79 Å². The van der Waals surface area contributed by atoms with Crippen LogP contribution >= 0.6 is 0 Å². The van der Waals surface area contributed by atoms with Gasteiger partial charge in [-0.25, -0.2) is 4.79 Å². The Morgan fingerprint density at radius 3 is 2.50 bits per heavy atom. The number of hydrogen-bond acceptors (Lipinski definition) is 3. The average Bonchev–Trinajstić information content (AvgIpc) is 2.17. The maximum Gasteiger partial charge on any atom is 0.348 e. The molecule has 0 spiro atoms. The summed E-state index contributed by atoms with van der Waals surface area (Å²) in [6.07, 6.45) is 5.15. The largest absolute Gasteiger partial charge is 0.455 e. The van der Waals surface area contributed by atoms with Crippen LogP contribution in [0.25, 0.3) is 0 Å². The van der Waals surface area contributed by atoms with Crippen LogP contribution in [-0.4, -0.2) is 11.6 Å². The molecular weight excluding hydrogens is 178 g/mol. The van der Waals surface area contributed by atoms with Crippen molar-refractivity contribution < 1.29 is 9.53 Å². The highest BCUT2D eigenvalue weighted by Gasteiger charge is 2.31. The fourth-order valence-electron chi connectivity index (χ4n) is 1.73. The van der Waals surface area contributed by atoms with Crippen molar-refractivity contribution >= 4 is 5.97 Å². The van der Waals surface area contributed by atoms with Crippen LogP contribution in [0.1, 0.15) is 39.0 Å². The van der Waals surface area contributed by atoms with Crippen molar-refractivity contribution in [3.05, 3.63) is 12.2 Å². The van der Waals surface area contributed by atoms with Gasteiger partial charge in [0.05, 0.1) is 0 Å². The van der Waals surface area contributed by atoms with Crippen molar-refractivity contribution in [1.82, 2.24) is 0 Å². The molecule has 1 fully saturated rings. The van der Waals surface area contributed by atoms with E-state index in [0.717, 1.165) is 25.7 Å². The zero-order chi connectivity index (χ0) is 10.6. The maximum atomic E-state index is 11.3. The number of nitrogens with zero attached hydrogens (tertiary/aromatic N) is 1. The Kier molecular flexibility index (Phi) is 3.29. The number of esters is 1. The van der Waals surface area contributed by atoms with Gasteiger partial charge in [-0.2, -0.15) is 5.26 Å². The van der Waals surface area contributed by atoms with E-state index in [1.807, 2.05) is 6.92 Å². The SMILES string of the molecule is C=C(C#N)C(=O)OC1(C)CCCCC1. The van der Waals surface area contributed by atoms with E-state index in [0.29, 0.717) is 0 Å². The van der Waals surface area contributed by atoms with E-state index in [4.69, 9.17) is 10.00 Å². The summed E-state index contributed by atoms with van der Waals surface area (Å²) in [7, 11) is 0. The number of carbonyl (C=O) groups excluding carboxylic acids is 1. The second-order valence-corrected chi connectivity index (χ2v) is 3.99. The molecule has 14 heavy (non-hydrogen) atoms. The molecule has 0 aliphatic heterocycles. The van der Waals surface area contributed by atoms with Gasteiger partial charge >= 0.3 is 5.97 Å². The summed E-state index contributed by atoms with van der Waals surface area (Å²) in [6, 6.07) is 1.70. The third-order valence-corrected chi connectivity index (χ3v) is 2.63. The zero-order valence-corrected chi connectivity index (χ0v) is 8.51. The number of hydrogen-bond donors (Lipinski definition) is 0. The zero-order valence-electron chi connectivity index (χ0n) is 8.51. The molecule has 0 saturated heterocycles. The highest BCUT2D eigenvalue weighted by atomic mass is 16.6. The first-order valence-corrected chi connectivity index (χ1v) is 4.90. The minimum Gasteiger partial charge on any atom is -0.455 e. The molecule has 0 amide bonds. The number of carbonyl (C=O) groups is 1. The average molecular weight is 193 g/mol. The second kappa shape index (κ2) is 4.28. The Morgan fingerprint density at radius 1 is 1.43 bits per heavy atom. The van der Waals surface area contributed by atoms with Crippen molar-refractivity contribution in [3.63, 3.8) is 0 Å². The Morgan fingerprint density at radius 2 is 2.00 bits per heavy atom. The minimum atomic E-state index is -0.572. The fourth-order valence-corrected chi connectivity index (χ4v) is 1.73. The van der Waals surface area contributed by atoms with E-state index in [1.165, 1.54) is 6.42 Å². The van der Waals surface area contributed by atoms with Gasteiger partial charge in [-0.05, 0) is 32.6 Å². The van der Waals surface area contributed by atoms with Crippen LogP contribution < -0.4 is 0 Å². The minimum absolute atomic E-state index is 0.114. The van der Waals surface area contributed by atoms with Crippen LogP contribution in [0.2, 0.25) is 0 Å². The molecule has 0 unspecified atom stereocenters. The van der Waals surface area contributed by atoms with Crippen molar-refractivity contribution in [1.29, 1.82) is 5.26 Å². The maximum absolute atomic E-state index is 11.3. The van der Waals surface area contributed by atoms with Crippen LogP contribution in [0, 0.1) is 11.3 Å². The lowest BCUT2D eigenvalue weighted by Gasteiger charge is -2.32. The molecule has 1 saturated carbocycles. The highest BCUT2D eigenvalue weighted by molar-refractivity contribution is 5.92. The molecule has 1 aliphatic rings. The molecule has 1 rings (SSSR count). The van der Waals surface area contributed by atoms with Crippen molar-refractivity contribution in [2.45, 2.75) is 44.6 Å². The van der Waals surface area contributed by atoms with Crippen LogP contribution in [0.15, 0.2) is 12.2 Å². The molecule has 0 radical (unpaired) electrons. The van der Waals surface area contributed by atoms with E-state index in [2.05, 4.69) is 6.58 Å². The fraction of sp³-hybridized carbons (Fsp3) is 0.636. The monoisotopic (exact) mass is 193 g/mol. The number of rotatable bonds is 2. The Labute approximate surface area is 84.4 Å².